The minimum absolute atomic E-state index is 0.0368. The molecule has 1 aliphatic heterocycles. The van der Waals surface area contributed by atoms with E-state index < -0.39 is 15.9 Å². The Morgan fingerprint density at radius 2 is 1.87 bits per heavy atom. The van der Waals surface area contributed by atoms with E-state index in [1.165, 1.54) is 13.2 Å². The van der Waals surface area contributed by atoms with Crippen molar-refractivity contribution in [3.63, 3.8) is 0 Å². The van der Waals surface area contributed by atoms with E-state index in [9.17, 15) is 13.2 Å². The van der Waals surface area contributed by atoms with Crippen molar-refractivity contribution in [1.82, 2.24) is 14.7 Å². The highest BCUT2D eigenvalue weighted by Crippen LogP contribution is 2.37. The number of nitrogen functional groups attached to an aromatic ring is 1. The maximum absolute atomic E-state index is 13.4. The molecule has 0 saturated carbocycles. The number of fused-ring (bicyclic) bond motifs is 1. The number of pyridine rings is 2. The Balaban J connectivity index is 1.46. The van der Waals surface area contributed by atoms with Crippen molar-refractivity contribution in [1.29, 1.82) is 0 Å². The summed E-state index contributed by atoms with van der Waals surface area (Å²) >= 11 is 0. The van der Waals surface area contributed by atoms with Crippen LogP contribution < -0.4 is 15.2 Å². The number of rotatable bonds is 6. The van der Waals surface area contributed by atoms with Crippen LogP contribution in [0, 0.1) is 0 Å². The molecule has 0 unspecified atom stereocenters. The summed E-state index contributed by atoms with van der Waals surface area (Å²) in [4.78, 5) is 21.8. The minimum Gasteiger partial charge on any atom is -0.495 e. The average Bonchev–Trinajstić information content (AvgIpc) is 2.92. The summed E-state index contributed by atoms with van der Waals surface area (Å²) in [5.74, 6) is -0.695. The van der Waals surface area contributed by atoms with Crippen molar-refractivity contribution in [3.8, 4) is 17.0 Å². The summed E-state index contributed by atoms with van der Waals surface area (Å²) in [6.45, 7) is 3.29. The van der Waals surface area contributed by atoms with Crippen LogP contribution in [0.15, 0.2) is 71.8 Å². The van der Waals surface area contributed by atoms with E-state index in [0.717, 1.165) is 29.4 Å². The molecular weight excluding hydrogens is 504 g/mol. The van der Waals surface area contributed by atoms with Crippen LogP contribution >= 0.6 is 0 Å². The first-order valence-electron chi connectivity index (χ1n) is 12.2. The molecule has 3 N–H and O–H groups in total. The van der Waals surface area contributed by atoms with Crippen molar-refractivity contribution >= 4 is 32.5 Å². The number of aromatic nitrogens is 2. The van der Waals surface area contributed by atoms with Gasteiger partial charge in [-0.15, -0.1) is 0 Å². The van der Waals surface area contributed by atoms with Gasteiger partial charge in [-0.1, -0.05) is 25.1 Å². The van der Waals surface area contributed by atoms with E-state index in [0.29, 0.717) is 30.1 Å². The second-order valence-electron chi connectivity index (χ2n) is 9.52. The molecule has 0 aliphatic carbocycles. The Bertz CT molecular complexity index is 1630. The van der Waals surface area contributed by atoms with Crippen LogP contribution in [-0.2, 0) is 20.2 Å². The highest BCUT2D eigenvalue weighted by Gasteiger charge is 2.32. The maximum Gasteiger partial charge on any atom is 0.283 e. The lowest BCUT2D eigenvalue weighted by molar-refractivity contribution is 0.0563. The van der Waals surface area contributed by atoms with E-state index in [1.54, 1.807) is 48.7 Å². The molecule has 1 fully saturated rings. The smallest absolute Gasteiger partial charge is 0.283 e. The number of methoxy groups -OCH3 is 1. The SMILES string of the molecule is COc1ccc(C2(C)CCOCC2)cc1S(=O)(=O)NC(=O)c1ccc2c(-c3cc(N)ccn3)cccc2n1. The monoisotopic (exact) mass is 532 g/mol. The molecule has 10 heteroatoms. The first kappa shape index (κ1) is 25.6. The van der Waals surface area contributed by atoms with Crippen molar-refractivity contribution in [3.05, 3.63) is 78.1 Å². The van der Waals surface area contributed by atoms with Crippen LogP contribution in [0.1, 0.15) is 35.8 Å². The predicted octanol–water partition coefficient (Wildman–Crippen LogP) is 4.07. The number of benzene rings is 2. The normalized spacial score (nSPS) is 15.2. The first-order valence-corrected chi connectivity index (χ1v) is 13.6. The third-order valence-corrected chi connectivity index (χ3v) is 8.35. The second kappa shape index (κ2) is 10.0. The molecule has 38 heavy (non-hydrogen) atoms. The number of nitrogens with two attached hydrogens (primary N) is 1. The third kappa shape index (κ3) is 4.92. The van der Waals surface area contributed by atoms with Crippen molar-refractivity contribution in [2.45, 2.75) is 30.1 Å². The Labute approximate surface area is 221 Å². The molecule has 1 amide bonds. The number of sulfonamides is 1. The third-order valence-electron chi connectivity index (χ3n) is 7.00. The van der Waals surface area contributed by atoms with Gasteiger partial charge in [0.05, 0.1) is 18.3 Å². The fourth-order valence-electron chi connectivity index (χ4n) is 4.70. The van der Waals surface area contributed by atoms with Crippen LogP contribution in [0.3, 0.4) is 0 Å². The molecular formula is C28H28N4O5S. The number of nitrogens with one attached hydrogen (secondary N) is 1. The maximum atomic E-state index is 13.4. The van der Waals surface area contributed by atoms with E-state index in [-0.39, 0.29) is 21.8 Å². The number of hydrogen-bond acceptors (Lipinski definition) is 8. The minimum atomic E-state index is -4.27. The molecule has 1 aliphatic rings. The van der Waals surface area contributed by atoms with E-state index in [1.807, 2.05) is 12.1 Å². The summed E-state index contributed by atoms with van der Waals surface area (Å²) in [7, 11) is -2.87. The molecule has 5 rings (SSSR count). The van der Waals surface area contributed by atoms with Crippen LogP contribution in [0.25, 0.3) is 22.2 Å². The lowest BCUT2D eigenvalue weighted by Crippen LogP contribution is -2.33. The summed E-state index contributed by atoms with van der Waals surface area (Å²) in [5.41, 5.74) is 9.04. The average molecular weight is 533 g/mol. The fraction of sp³-hybridized carbons (Fsp3) is 0.250. The highest BCUT2D eigenvalue weighted by molar-refractivity contribution is 7.90. The van der Waals surface area contributed by atoms with Gasteiger partial charge < -0.3 is 15.2 Å². The van der Waals surface area contributed by atoms with Gasteiger partial charge in [-0.3, -0.25) is 9.78 Å². The largest absolute Gasteiger partial charge is 0.495 e. The Hall–Kier alpha value is -4.02. The van der Waals surface area contributed by atoms with Crippen LogP contribution in [0.5, 0.6) is 5.75 Å². The van der Waals surface area contributed by atoms with Gasteiger partial charge in [-0.2, -0.15) is 0 Å². The van der Waals surface area contributed by atoms with Gasteiger partial charge in [0, 0.05) is 36.0 Å². The lowest BCUT2D eigenvalue weighted by atomic mass is 9.76. The zero-order valence-electron chi connectivity index (χ0n) is 21.1. The molecule has 4 aromatic rings. The van der Waals surface area contributed by atoms with Crippen LogP contribution in [0.2, 0.25) is 0 Å². The standard InChI is InChI=1S/C28H28N4O5S/c1-28(11-14-37-15-12-28)18-6-9-25(36-2)26(16-18)38(34,35)32-27(33)23-8-7-21-20(4-3-5-22(21)31-23)24-17-19(29)10-13-30-24/h3-10,13,16-17H,11-12,14-15H2,1-2H3,(H2,29,30)(H,32,33). The Kier molecular flexibility index (Phi) is 6.77. The van der Waals surface area contributed by atoms with Crippen molar-refractivity contribution in [2.24, 2.45) is 0 Å². The summed E-state index contributed by atoms with van der Waals surface area (Å²) < 4.78 is 39.7. The number of hydrogen-bond donors (Lipinski definition) is 2. The van der Waals surface area contributed by atoms with Gasteiger partial charge in [0.1, 0.15) is 16.3 Å². The fourth-order valence-corrected chi connectivity index (χ4v) is 5.86. The zero-order chi connectivity index (χ0) is 26.9. The number of amides is 1. The zero-order valence-corrected chi connectivity index (χ0v) is 21.9. The van der Waals surface area contributed by atoms with Gasteiger partial charge in [0.2, 0.25) is 0 Å². The molecule has 0 spiro atoms. The molecule has 1 saturated heterocycles. The van der Waals surface area contributed by atoms with Crippen LogP contribution in [-0.4, -0.2) is 44.6 Å². The molecule has 196 valence electrons. The quantitative estimate of drug-likeness (QED) is 0.380. The summed E-state index contributed by atoms with van der Waals surface area (Å²) in [5, 5.41) is 0.754. The van der Waals surface area contributed by atoms with E-state index >= 15 is 0 Å². The van der Waals surface area contributed by atoms with Crippen molar-refractivity contribution < 1.29 is 22.7 Å². The molecule has 0 radical (unpaired) electrons. The van der Waals surface area contributed by atoms with Gasteiger partial charge in [0.25, 0.3) is 15.9 Å². The van der Waals surface area contributed by atoms with Crippen molar-refractivity contribution in [2.75, 3.05) is 26.1 Å². The molecule has 9 nitrogen and oxygen atoms in total. The Morgan fingerprint density at radius 3 is 2.61 bits per heavy atom. The number of carbonyl (C=O) groups excluding carboxylic acids is 1. The van der Waals surface area contributed by atoms with Gasteiger partial charge in [0.15, 0.2) is 0 Å². The summed E-state index contributed by atoms with van der Waals surface area (Å²) in [6, 6.07) is 17.1. The second-order valence-corrected chi connectivity index (χ2v) is 11.2. The number of anilines is 1. The van der Waals surface area contributed by atoms with Gasteiger partial charge in [-0.05, 0) is 66.3 Å². The van der Waals surface area contributed by atoms with Gasteiger partial charge in [-0.25, -0.2) is 18.1 Å². The molecule has 2 aromatic carbocycles. The molecule has 3 heterocycles. The highest BCUT2D eigenvalue weighted by atomic mass is 32.2. The first-order chi connectivity index (χ1) is 18.2. The van der Waals surface area contributed by atoms with E-state index in [2.05, 4.69) is 21.6 Å². The predicted molar refractivity (Wildman–Crippen MR) is 144 cm³/mol. The number of carbonyl (C=O) groups is 1. The van der Waals surface area contributed by atoms with Crippen LogP contribution in [0.4, 0.5) is 5.69 Å². The molecule has 2 aromatic heterocycles. The Morgan fingerprint density at radius 1 is 1.08 bits per heavy atom. The molecule has 0 bridgehead atoms. The number of nitrogens with zero attached hydrogens (tertiary/aromatic N) is 2. The lowest BCUT2D eigenvalue weighted by Gasteiger charge is -2.34. The summed E-state index contributed by atoms with van der Waals surface area (Å²) in [6.07, 6.45) is 3.15. The topological polar surface area (TPSA) is 134 Å². The van der Waals surface area contributed by atoms with Gasteiger partial charge >= 0.3 is 0 Å². The number of ether oxygens (including phenoxy) is 2. The molecule has 0 atom stereocenters. The van der Waals surface area contributed by atoms with E-state index in [4.69, 9.17) is 15.2 Å².